The van der Waals surface area contributed by atoms with E-state index in [0.717, 1.165) is 24.2 Å². The Bertz CT molecular complexity index is 416. The van der Waals surface area contributed by atoms with Crippen molar-refractivity contribution in [3.05, 3.63) is 0 Å². The fraction of sp³-hybridized carbons (Fsp3) is 1.00. The molecule has 0 amide bonds. The average molecular weight is 431 g/mol. The van der Waals surface area contributed by atoms with Gasteiger partial charge in [0.05, 0.1) is 13.2 Å². The molecule has 0 aromatic heterocycles. The maximum Gasteiger partial charge on any atom is 0.186 e. The molecule has 0 aliphatic carbocycles. The van der Waals surface area contributed by atoms with Gasteiger partial charge in [-0.15, -0.1) is 0 Å². The van der Waals surface area contributed by atoms with Gasteiger partial charge in [0.1, 0.15) is 18.3 Å². The molecular weight excluding hydrogens is 380 g/mol. The number of aliphatic hydroxyl groups excluding tert-OH is 3. The van der Waals surface area contributed by atoms with Gasteiger partial charge in [0, 0.05) is 0 Å². The molecule has 1 saturated heterocycles. The Morgan fingerprint density at radius 3 is 1.67 bits per heavy atom. The monoisotopic (exact) mass is 430 g/mol. The molecule has 1 rings (SSSR count). The van der Waals surface area contributed by atoms with Crippen LogP contribution in [0.2, 0.25) is 0 Å². The van der Waals surface area contributed by atoms with E-state index in [1.165, 1.54) is 57.8 Å². The molecule has 7 atom stereocenters. The van der Waals surface area contributed by atoms with Gasteiger partial charge in [-0.05, 0) is 30.1 Å². The molecule has 180 valence electrons. The van der Waals surface area contributed by atoms with Crippen LogP contribution in [0.25, 0.3) is 0 Å². The van der Waals surface area contributed by atoms with Crippen molar-refractivity contribution in [2.45, 2.75) is 123 Å². The zero-order valence-corrected chi connectivity index (χ0v) is 20.3. The lowest BCUT2D eigenvalue weighted by Crippen LogP contribution is -2.53. The van der Waals surface area contributed by atoms with Crippen molar-refractivity contribution in [2.75, 3.05) is 13.2 Å². The molecule has 0 spiro atoms. The normalized spacial score (nSPS) is 27.9. The lowest BCUT2D eigenvalue weighted by Gasteiger charge is -2.35. The molecule has 1 aliphatic rings. The summed E-state index contributed by atoms with van der Waals surface area (Å²) in [6.45, 7) is 12.2. The molecule has 0 saturated carbocycles. The van der Waals surface area contributed by atoms with Crippen molar-refractivity contribution in [3.8, 4) is 0 Å². The highest BCUT2D eigenvalue weighted by atomic mass is 16.7. The van der Waals surface area contributed by atoms with Gasteiger partial charge in [-0.2, -0.15) is 0 Å². The van der Waals surface area contributed by atoms with Crippen LogP contribution in [0.15, 0.2) is 0 Å². The van der Waals surface area contributed by atoms with Crippen LogP contribution >= 0.6 is 0 Å². The number of hydrogen-bond donors (Lipinski definition) is 3. The van der Waals surface area contributed by atoms with Gasteiger partial charge < -0.3 is 24.8 Å². The third-order valence-corrected chi connectivity index (χ3v) is 6.61. The van der Waals surface area contributed by atoms with E-state index in [-0.39, 0.29) is 6.61 Å². The highest BCUT2D eigenvalue weighted by Gasteiger charge is 2.38. The zero-order valence-electron chi connectivity index (χ0n) is 20.3. The second-order valence-electron chi connectivity index (χ2n) is 10.4. The van der Waals surface area contributed by atoms with Crippen LogP contribution in [0, 0.1) is 23.7 Å². The topological polar surface area (TPSA) is 79.2 Å². The second kappa shape index (κ2) is 15.6. The second-order valence-corrected chi connectivity index (χ2v) is 10.4. The molecule has 0 radical (unpaired) electrons. The minimum atomic E-state index is -1.20. The Balaban J connectivity index is 2.02. The van der Waals surface area contributed by atoms with Crippen LogP contribution in [0.4, 0.5) is 0 Å². The predicted octanol–water partition coefficient (Wildman–Crippen LogP) is 4.91. The summed E-state index contributed by atoms with van der Waals surface area (Å²) in [5.41, 5.74) is 0. The van der Waals surface area contributed by atoms with E-state index in [2.05, 4.69) is 34.6 Å². The van der Waals surface area contributed by atoms with Crippen molar-refractivity contribution >= 4 is 0 Å². The van der Waals surface area contributed by atoms with Crippen molar-refractivity contribution in [3.63, 3.8) is 0 Å². The van der Waals surface area contributed by atoms with Gasteiger partial charge in [-0.1, -0.05) is 92.4 Å². The summed E-state index contributed by atoms with van der Waals surface area (Å²) in [6.07, 6.45) is 8.56. The molecular formula is C25H50O5. The molecule has 0 bridgehead atoms. The molecule has 5 heteroatoms. The summed E-state index contributed by atoms with van der Waals surface area (Å²) in [7, 11) is 0. The number of ether oxygens (including phenoxy) is 2. The zero-order chi connectivity index (χ0) is 22.5. The van der Waals surface area contributed by atoms with Crippen LogP contribution in [0.5, 0.6) is 0 Å². The van der Waals surface area contributed by atoms with Gasteiger partial charge in [0.15, 0.2) is 6.29 Å². The standard InChI is InChI=1S/C25H50O5/c1-18(2)9-6-10-19(3)11-7-12-20(4)13-8-14-21(5)15-16-29-25-24(28)23(27)22(26)17-30-25/h18-28H,6-17H2,1-5H3/t19-,20-,21-,22-,23-,24-,25+/m1/s1. The minimum absolute atomic E-state index is 0.00689. The molecule has 5 nitrogen and oxygen atoms in total. The molecule has 1 aliphatic heterocycles. The Morgan fingerprint density at radius 1 is 0.700 bits per heavy atom. The van der Waals surface area contributed by atoms with E-state index < -0.39 is 24.6 Å². The Kier molecular flexibility index (Phi) is 14.5. The molecule has 0 unspecified atom stereocenters. The molecule has 30 heavy (non-hydrogen) atoms. The third kappa shape index (κ3) is 12.0. The van der Waals surface area contributed by atoms with Gasteiger partial charge in [0.25, 0.3) is 0 Å². The quantitative estimate of drug-likeness (QED) is 0.324. The van der Waals surface area contributed by atoms with Crippen LogP contribution in [0.1, 0.15) is 98.8 Å². The SMILES string of the molecule is CC(C)CCC[C@@H](C)CCC[C@@H](C)CCC[C@@H](C)CCO[C@H]1OC[C@@H](O)[C@@H](O)[C@H]1O. The summed E-state index contributed by atoms with van der Waals surface area (Å²) >= 11 is 0. The van der Waals surface area contributed by atoms with E-state index in [4.69, 9.17) is 9.47 Å². The van der Waals surface area contributed by atoms with Crippen molar-refractivity contribution in [1.82, 2.24) is 0 Å². The first-order valence-corrected chi connectivity index (χ1v) is 12.5. The van der Waals surface area contributed by atoms with Crippen LogP contribution in [-0.2, 0) is 9.47 Å². The molecule has 0 aromatic rings. The summed E-state index contributed by atoms with van der Waals surface area (Å²) in [6, 6.07) is 0. The Morgan fingerprint density at radius 2 is 1.17 bits per heavy atom. The predicted molar refractivity (Wildman–Crippen MR) is 122 cm³/mol. The first-order valence-electron chi connectivity index (χ1n) is 12.5. The summed E-state index contributed by atoms with van der Waals surface area (Å²) < 4.78 is 10.9. The molecule has 1 heterocycles. The van der Waals surface area contributed by atoms with Gasteiger partial charge in [-0.3, -0.25) is 0 Å². The molecule has 1 fully saturated rings. The number of rotatable bonds is 16. The van der Waals surface area contributed by atoms with Crippen LogP contribution < -0.4 is 0 Å². The number of aliphatic hydroxyl groups is 3. The highest BCUT2D eigenvalue weighted by molar-refractivity contribution is 4.82. The van der Waals surface area contributed by atoms with Gasteiger partial charge >= 0.3 is 0 Å². The Labute approximate surface area is 185 Å². The summed E-state index contributed by atoms with van der Waals surface area (Å²) in [5, 5.41) is 29.0. The van der Waals surface area contributed by atoms with E-state index in [1.807, 2.05) is 0 Å². The largest absolute Gasteiger partial charge is 0.388 e. The Hall–Kier alpha value is -0.200. The van der Waals surface area contributed by atoms with Crippen LogP contribution in [-0.4, -0.2) is 53.1 Å². The number of hydrogen-bond acceptors (Lipinski definition) is 5. The maximum absolute atomic E-state index is 9.88. The van der Waals surface area contributed by atoms with Crippen molar-refractivity contribution in [2.24, 2.45) is 23.7 Å². The molecule has 3 N–H and O–H groups in total. The minimum Gasteiger partial charge on any atom is -0.388 e. The van der Waals surface area contributed by atoms with Gasteiger partial charge in [-0.25, -0.2) is 0 Å². The fourth-order valence-corrected chi connectivity index (χ4v) is 4.25. The summed E-state index contributed by atoms with van der Waals surface area (Å²) in [4.78, 5) is 0. The lowest BCUT2D eigenvalue weighted by molar-refractivity contribution is -0.270. The van der Waals surface area contributed by atoms with E-state index in [0.29, 0.717) is 12.5 Å². The van der Waals surface area contributed by atoms with Crippen molar-refractivity contribution in [1.29, 1.82) is 0 Å². The van der Waals surface area contributed by atoms with Crippen molar-refractivity contribution < 1.29 is 24.8 Å². The molecule has 0 aromatic carbocycles. The van der Waals surface area contributed by atoms with E-state index in [9.17, 15) is 15.3 Å². The lowest BCUT2D eigenvalue weighted by atomic mass is 9.91. The van der Waals surface area contributed by atoms with Crippen LogP contribution in [0.3, 0.4) is 0 Å². The average Bonchev–Trinajstić information content (AvgIpc) is 2.67. The third-order valence-electron chi connectivity index (χ3n) is 6.61. The summed E-state index contributed by atoms with van der Waals surface area (Å²) in [5.74, 6) is 3.07. The first-order chi connectivity index (χ1) is 14.2. The highest BCUT2D eigenvalue weighted by Crippen LogP contribution is 2.23. The van der Waals surface area contributed by atoms with Gasteiger partial charge in [0.2, 0.25) is 0 Å². The van der Waals surface area contributed by atoms with E-state index >= 15 is 0 Å². The smallest absolute Gasteiger partial charge is 0.186 e. The maximum atomic E-state index is 9.88. The fourth-order valence-electron chi connectivity index (χ4n) is 4.25. The van der Waals surface area contributed by atoms with E-state index in [1.54, 1.807) is 0 Å². The first kappa shape index (κ1) is 27.8.